The van der Waals surface area contributed by atoms with E-state index in [4.69, 9.17) is 16.0 Å². The molecule has 148 valence electrons. The first-order chi connectivity index (χ1) is 14.3. The van der Waals surface area contributed by atoms with Crippen LogP contribution in [0.4, 0.5) is 11.4 Å². The SMILES string of the molecule is Clc1c(N2CCN(c3coc4ccccc34)CC2)ccn2c(CC3CC3)nnc12. The van der Waals surface area contributed by atoms with Crippen molar-refractivity contribution in [1.29, 1.82) is 0 Å². The van der Waals surface area contributed by atoms with E-state index in [1.165, 1.54) is 23.9 Å². The molecule has 1 aromatic carbocycles. The van der Waals surface area contributed by atoms with Crippen LogP contribution in [0.15, 0.2) is 47.2 Å². The summed E-state index contributed by atoms with van der Waals surface area (Å²) in [6, 6.07) is 10.3. The van der Waals surface area contributed by atoms with Gasteiger partial charge in [-0.15, -0.1) is 10.2 Å². The van der Waals surface area contributed by atoms with E-state index in [1.54, 1.807) is 0 Å². The number of rotatable bonds is 4. The van der Waals surface area contributed by atoms with E-state index in [2.05, 4.69) is 48.8 Å². The van der Waals surface area contributed by atoms with Gasteiger partial charge in [-0.2, -0.15) is 0 Å². The maximum absolute atomic E-state index is 6.76. The van der Waals surface area contributed by atoms with Crippen LogP contribution >= 0.6 is 11.6 Å². The van der Waals surface area contributed by atoms with Gasteiger partial charge in [0.05, 0.1) is 11.4 Å². The third kappa shape index (κ3) is 2.94. The van der Waals surface area contributed by atoms with Gasteiger partial charge in [0.15, 0.2) is 5.65 Å². The summed E-state index contributed by atoms with van der Waals surface area (Å²) < 4.78 is 7.77. The third-order valence-electron chi connectivity index (χ3n) is 6.16. The fourth-order valence-corrected chi connectivity index (χ4v) is 4.63. The predicted molar refractivity (Wildman–Crippen MR) is 115 cm³/mol. The predicted octanol–water partition coefficient (Wildman–Crippen LogP) is 4.41. The number of pyridine rings is 1. The Hall–Kier alpha value is -2.73. The fraction of sp³-hybridized carbons (Fsp3) is 0.364. The first-order valence-electron chi connectivity index (χ1n) is 10.3. The molecule has 0 spiro atoms. The molecule has 6 nitrogen and oxygen atoms in total. The highest BCUT2D eigenvalue weighted by Crippen LogP contribution is 2.35. The molecule has 0 N–H and O–H groups in total. The van der Waals surface area contributed by atoms with Gasteiger partial charge in [0.25, 0.3) is 0 Å². The van der Waals surface area contributed by atoms with Crippen LogP contribution in [0.3, 0.4) is 0 Å². The molecular formula is C22H22ClN5O. The van der Waals surface area contributed by atoms with Gasteiger partial charge in [-0.25, -0.2) is 0 Å². The largest absolute Gasteiger partial charge is 0.462 e. The van der Waals surface area contributed by atoms with Crippen molar-refractivity contribution in [2.45, 2.75) is 19.3 Å². The minimum Gasteiger partial charge on any atom is -0.462 e. The Morgan fingerprint density at radius 1 is 0.966 bits per heavy atom. The molecule has 2 aliphatic rings. The summed E-state index contributed by atoms with van der Waals surface area (Å²) in [6.45, 7) is 3.65. The lowest BCUT2D eigenvalue weighted by Crippen LogP contribution is -2.46. The number of anilines is 2. The second-order valence-corrected chi connectivity index (χ2v) is 8.44. The number of piperazine rings is 1. The van der Waals surface area contributed by atoms with E-state index in [1.807, 2.05) is 18.4 Å². The molecule has 7 heteroatoms. The third-order valence-corrected chi connectivity index (χ3v) is 6.52. The Balaban J connectivity index is 1.23. The van der Waals surface area contributed by atoms with E-state index in [-0.39, 0.29) is 0 Å². The van der Waals surface area contributed by atoms with Crippen LogP contribution in [-0.2, 0) is 6.42 Å². The molecule has 6 rings (SSSR count). The molecule has 1 aliphatic carbocycles. The number of furan rings is 1. The molecule has 3 aromatic heterocycles. The second-order valence-electron chi connectivity index (χ2n) is 8.06. The minimum absolute atomic E-state index is 0.698. The van der Waals surface area contributed by atoms with Crippen molar-refractivity contribution in [2.24, 2.45) is 5.92 Å². The number of hydrogen-bond donors (Lipinski definition) is 0. The zero-order valence-electron chi connectivity index (χ0n) is 16.1. The molecule has 1 aliphatic heterocycles. The normalized spacial score (nSPS) is 17.6. The summed E-state index contributed by atoms with van der Waals surface area (Å²) in [4.78, 5) is 4.73. The smallest absolute Gasteiger partial charge is 0.181 e. The highest BCUT2D eigenvalue weighted by Gasteiger charge is 2.26. The summed E-state index contributed by atoms with van der Waals surface area (Å²) in [5, 5.41) is 10.6. The molecule has 29 heavy (non-hydrogen) atoms. The standard InChI is InChI=1S/C22H22ClN5O/c23-21-17(7-8-28-20(13-15-5-6-15)24-25-22(21)28)26-9-11-27(12-10-26)18-14-29-19-4-2-1-3-16(18)19/h1-4,7-8,14-15H,5-6,9-13H2. The maximum Gasteiger partial charge on any atom is 0.181 e. The molecule has 2 fully saturated rings. The van der Waals surface area contributed by atoms with Crippen LogP contribution in [0.25, 0.3) is 16.6 Å². The molecular weight excluding hydrogens is 386 g/mol. The Bertz CT molecular complexity index is 1190. The van der Waals surface area contributed by atoms with Crippen LogP contribution in [0.5, 0.6) is 0 Å². The van der Waals surface area contributed by atoms with Gasteiger partial charge in [0.2, 0.25) is 0 Å². The quantitative estimate of drug-likeness (QED) is 0.501. The van der Waals surface area contributed by atoms with E-state index in [0.29, 0.717) is 5.02 Å². The zero-order valence-corrected chi connectivity index (χ0v) is 16.8. The van der Waals surface area contributed by atoms with E-state index < -0.39 is 0 Å². The summed E-state index contributed by atoms with van der Waals surface area (Å²) in [6.07, 6.45) is 7.54. The molecule has 0 amide bonds. The van der Waals surface area contributed by atoms with Crippen LogP contribution in [0.1, 0.15) is 18.7 Å². The van der Waals surface area contributed by atoms with E-state index in [0.717, 1.165) is 61.3 Å². The van der Waals surface area contributed by atoms with Crippen LogP contribution in [0.2, 0.25) is 5.02 Å². The molecule has 0 bridgehead atoms. The fourth-order valence-electron chi connectivity index (χ4n) is 4.32. The molecule has 0 atom stereocenters. The van der Waals surface area contributed by atoms with Gasteiger partial charge in [-0.05, 0) is 37.0 Å². The van der Waals surface area contributed by atoms with Crippen LogP contribution in [-0.4, -0.2) is 40.8 Å². The lowest BCUT2D eigenvalue weighted by atomic mass is 10.2. The highest BCUT2D eigenvalue weighted by molar-refractivity contribution is 6.36. The van der Waals surface area contributed by atoms with Gasteiger partial charge in [0, 0.05) is 44.2 Å². The summed E-state index contributed by atoms with van der Waals surface area (Å²) in [7, 11) is 0. The summed E-state index contributed by atoms with van der Waals surface area (Å²) >= 11 is 6.76. The maximum atomic E-state index is 6.76. The molecule has 4 aromatic rings. The summed E-state index contributed by atoms with van der Waals surface area (Å²) in [5.41, 5.74) is 3.92. The summed E-state index contributed by atoms with van der Waals surface area (Å²) in [5.74, 6) is 1.79. The van der Waals surface area contributed by atoms with E-state index >= 15 is 0 Å². The Kier molecular flexibility index (Phi) is 3.94. The number of para-hydroxylation sites is 1. The lowest BCUT2D eigenvalue weighted by molar-refractivity contribution is 0.605. The number of halogens is 1. The lowest BCUT2D eigenvalue weighted by Gasteiger charge is -2.37. The van der Waals surface area contributed by atoms with Gasteiger partial charge in [-0.3, -0.25) is 4.40 Å². The number of fused-ring (bicyclic) bond motifs is 2. The monoisotopic (exact) mass is 407 g/mol. The Labute approximate surface area is 173 Å². The number of aromatic nitrogens is 3. The first-order valence-corrected chi connectivity index (χ1v) is 10.6. The van der Waals surface area contributed by atoms with Crippen molar-refractivity contribution in [3.05, 3.63) is 53.6 Å². The van der Waals surface area contributed by atoms with Crippen molar-refractivity contribution in [2.75, 3.05) is 36.0 Å². The molecule has 1 saturated carbocycles. The van der Waals surface area contributed by atoms with Gasteiger partial charge in [0.1, 0.15) is 22.7 Å². The number of benzene rings is 1. The van der Waals surface area contributed by atoms with Gasteiger partial charge < -0.3 is 14.2 Å². The van der Waals surface area contributed by atoms with Crippen molar-refractivity contribution in [3.63, 3.8) is 0 Å². The van der Waals surface area contributed by atoms with Crippen LogP contribution < -0.4 is 9.80 Å². The Morgan fingerprint density at radius 2 is 1.72 bits per heavy atom. The van der Waals surface area contributed by atoms with Gasteiger partial charge in [-0.1, -0.05) is 23.7 Å². The topological polar surface area (TPSA) is 49.8 Å². The van der Waals surface area contributed by atoms with E-state index in [9.17, 15) is 0 Å². The minimum atomic E-state index is 0.698. The van der Waals surface area contributed by atoms with Crippen molar-refractivity contribution in [3.8, 4) is 0 Å². The van der Waals surface area contributed by atoms with Gasteiger partial charge >= 0.3 is 0 Å². The average molecular weight is 408 g/mol. The zero-order chi connectivity index (χ0) is 19.4. The number of nitrogens with zero attached hydrogens (tertiary/aromatic N) is 5. The highest BCUT2D eigenvalue weighted by atomic mass is 35.5. The first kappa shape index (κ1) is 17.2. The molecule has 0 radical (unpaired) electrons. The van der Waals surface area contributed by atoms with Crippen molar-refractivity contribution >= 4 is 39.6 Å². The molecule has 4 heterocycles. The number of hydrogen-bond acceptors (Lipinski definition) is 5. The second kappa shape index (κ2) is 6.66. The van der Waals surface area contributed by atoms with Crippen molar-refractivity contribution in [1.82, 2.24) is 14.6 Å². The molecule has 1 saturated heterocycles. The van der Waals surface area contributed by atoms with Crippen LogP contribution in [0, 0.1) is 5.92 Å². The molecule has 0 unspecified atom stereocenters. The van der Waals surface area contributed by atoms with Crippen molar-refractivity contribution < 1.29 is 4.42 Å². The Morgan fingerprint density at radius 3 is 2.52 bits per heavy atom. The average Bonchev–Trinajstić information content (AvgIpc) is 3.31.